The summed E-state index contributed by atoms with van der Waals surface area (Å²) < 4.78 is 5.57. The molecule has 0 unspecified atom stereocenters. The quantitative estimate of drug-likeness (QED) is 0.842. The van der Waals surface area contributed by atoms with Crippen LogP contribution in [0, 0.1) is 5.92 Å². The van der Waals surface area contributed by atoms with Gasteiger partial charge in [-0.15, -0.1) is 0 Å². The van der Waals surface area contributed by atoms with Crippen LogP contribution in [-0.4, -0.2) is 71.2 Å². The van der Waals surface area contributed by atoms with Crippen LogP contribution in [0.15, 0.2) is 12.4 Å². The summed E-state index contributed by atoms with van der Waals surface area (Å²) in [6.45, 7) is 9.66. The van der Waals surface area contributed by atoms with E-state index in [0.717, 1.165) is 50.6 Å². The van der Waals surface area contributed by atoms with E-state index in [2.05, 4.69) is 32.0 Å². The van der Waals surface area contributed by atoms with Crippen LogP contribution in [-0.2, 0) is 11.3 Å². The maximum Gasteiger partial charge on any atom is 0.222 e. The average molecular weight is 360 g/mol. The number of nitrogens with one attached hydrogen (secondary N) is 1. The predicted molar refractivity (Wildman–Crippen MR) is 103 cm³/mol. The lowest BCUT2D eigenvalue weighted by molar-refractivity contribution is 0.0307. The molecule has 2 bridgehead atoms. The Kier molecular flexibility index (Phi) is 6.02. The zero-order valence-corrected chi connectivity index (χ0v) is 16.1. The van der Waals surface area contributed by atoms with Crippen LogP contribution in [0.5, 0.6) is 0 Å². The lowest BCUT2D eigenvalue weighted by Crippen LogP contribution is -2.45. The summed E-state index contributed by atoms with van der Waals surface area (Å²) in [4.78, 5) is 14.4. The van der Waals surface area contributed by atoms with E-state index in [1.807, 2.05) is 12.4 Å². The van der Waals surface area contributed by atoms with Crippen LogP contribution < -0.4 is 5.32 Å². The van der Waals surface area contributed by atoms with Crippen molar-refractivity contribution in [2.75, 3.05) is 44.7 Å². The first-order chi connectivity index (χ1) is 12.8. The molecule has 0 spiro atoms. The van der Waals surface area contributed by atoms with E-state index in [1.54, 1.807) is 0 Å². The second-order valence-electron chi connectivity index (χ2n) is 8.17. The van der Waals surface area contributed by atoms with Crippen molar-refractivity contribution in [3.8, 4) is 0 Å². The first-order valence-corrected chi connectivity index (χ1v) is 10.4. The SMILES string of the molecule is CCCNc1ncc(CN2C[C@@H]3CC[C@H]2CN(C2CCOCC2)C3)cn1. The Morgan fingerprint density at radius 3 is 2.62 bits per heavy atom. The van der Waals surface area contributed by atoms with E-state index in [1.165, 1.54) is 50.9 Å². The molecule has 4 aliphatic rings. The minimum Gasteiger partial charge on any atom is -0.381 e. The van der Waals surface area contributed by atoms with E-state index in [-0.39, 0.29) is 0 Å². The number of ether oxygens (including phenoxy) is 1. The second kappa shape index (κ2) is 8.63. The molecule has 5 heterocycles. The fourth-order valence-corrected chi connectivity index (χ4v) is 4.76. The molecular formula is C20H33N5O. The molecule has 26 heavy (non-hydrogen) atoms. The fourth-order valence-electron chi connectivity index (χ4n) is 4.76. The summed E-state index contributed by atoms with van der Waals surface area (Å²) in [5.74, 6) is 1.56. The number of anilines is 1. The van der Waals surface area contributed by atoms with Gasteiger partial charge in [-0.05, 0) is 38.0 Å². The molecule has 4 saturated heterocycles. The van der Waals surface area contributed by atoms with Crippen LogP contribution in [0.1, 0.15) is 44.6 Å². The molecule has 1 N–H and O–H groups in total. The molecular weight excluding hydrogens is 326 g/mol. The zero-order valence-electron chi connectivity index (χ0n) is 16.1. The van der Waals surface area contributed by atoms with Crippen molar-refractivity contribution >= 4 is 5.95 Å². The highest BCUT2D eigenvalue weighted by atomic mass is 16.5. The van der Waals surface area contributed by atoms with Crippen molar-refractivity contribution in [3.05, 3.63) is 18.0 Å². The summed E-state index contributed by atoms with van der Waals surface area (Å²) in [6.07, 6.45) is 10.2. The third kappa shape index (κ3) is 4.35. The molecule has 4 aliphatic heterocycles. The largest absolute Gasteiger partial charge is 0.381 e. The number of hydrogen-bond donors (Lipinski definition) is 1. The van der Waals surface area contributed by atoms with Crippen LogP contribution in [0.3, 0.4) is 0 Å². The van der Waals surface area contributed by atoms with Crippen LogP contribution in [0.4, 0.5) is 5.95 Å². The Labute approximate surface area is 157 Å². The first-order valence-electron chi connectivity index (χ1n) is 10.4. The smallest absolute Gasteiger partial charge is 0.222 e. The number of hydrogen-bond acceptors (Lipinski definition) is 6. The van der Waals surface area contributed by atoms with Gasteiger partial charge in [0.2, 0.25) is 5.95 Å². The monoisotopic (exact) mass is 359 g/mol. The highest BCUT2D eigenvalue weighted by Crippen LogP contribution is 2.31. The summed E-state index contributed by atoms with van der Waals surface area (Å²) in [7, 11) is 0. The van der Waals surface area contributed by atoms with Crippen LogP contribution >= 0.6 is 0 Å². The number of piperidine rings is 1. The number of fused-ring (bicyclic) bond motifs is 4. The molecule has 0 aromatic carbocycles. The maximum absolute atomic E-state index is 5.57. The third-order valence-electron chi connectivity index (χ3n) is 6.19. The van der Waals surface area contributed by atoms with Gasteiger partial charge in [-0.1, -0.05) is 6.92 Å². The zero-order chi connectivity index (χ0) is 17.8. The molecule has 4 fully saturated rings. The van der Waals surface area contributed by atoms with E-state index >= 15 is 0 Å². The van der Waals surface area contributed by atoms with Gasteiger partial charge in [-0.25, -0.2) is 9.97 Å². The Balaban J connectivity index is 1.37. The van der Waals surface area contributed by atoms with Crippen molar-refractivity contribution < 1.29 is 4.74 Å². The predicted octanol–water partition coefficient (Wildman–Crippen LogP) is 2.37. The summed E-state index contributed by atoms with van der Waals surface area (Å²) >= 11 is 0. The molecule has 5 rings (SSSR count). The highest BCUT2D eigenvalue weighted by molar-refractivity contribution is 5.24. The van der Waals surface area contributed by atoms with Gasteiger partial charge in [0.05, 0.1) is 0 Å². The van der Waals surface area contributed by atoms with E-state index < -0.39 is 0 Å². The molecule has 0 radical (unpaired) electrons. The van der Waals surface area contributed by atoms with Gasteiger partial charge >= 0.3 is 0 Å². The standard InChI is InChI=1S/C20H33N5O/c1-2-7-21-20-22-10-17(11-23-20)14-24-12-16-3-4-19(24)15-25(13-16)18-5-8-26-9-6-18/h10-11,16,18-19H,2-9,12-15H2,1H3,(H,21,22,23)/t16-,19-/m0/s1. The summed E-state index contributed by atoms with van der Waals surface area (Å²) in [6, 6.07) is 1.41. The van der Waals surface area contributed by atoms with Gasteiger partial charge in [0.15, 0.2) is 0 Å². The molecule has 6 nitrogen and oxygen atoms in total. The molecule has 0 aliphatic carbocycles. The lowest BCUT2D eigenvalue weighted by atomic mass is 9.94. The first kappa shape index (κ1) is 18.1. The molecule has 1 aromatic rings. The summed E-state index contributed by atoms with van der Waals surface area (Å²) in [5.41, 5.74) is 1.23. The second-order valence-corrected chi connectivity index (χ2v) is 8.17. The Morgan fingerprint density at radius 2 is 1.85 bits per heavy atom. The average Bonchev–Trinajstić information content (AvgIpc) is 3.00. The minimum atomic E-state index is 0.675. The normalized spacial score (nSPS) is 28.2. The molecule has 2 atom stereocenters. The summed E-state index contributed by atoms with van der Waals surface area (Å²) in [5, 5.41) is 3.25. The van der Waals surface area contributed by atoms with Gasteiger partial charge in [0, 0.05) is 76.0 Å². The molecule has 0 saturated carbocycles. The topological polar surface area (TPSA) is 53.5 Å². The number of aromatic nitrogens is 2. The van der Waals surface area contributed by atoms with Gasteiger partial charge in [-0.2, -0.15) is 0 Å². The highest BCUT2D eigenvalue weighted by Gasteiger charge is 2.37. The van der Waals surface area contributed by atoms with E-state index in [9.17, 15) is 0 Å². The van der Waals surface area contributed by atoms with Crippen LogP contribution in [0.25, 0.3) is 0 Å². The van der Waals surface area contributed by atoms with Crippen molar-refractivity contribution in [1.82, 2.24) is 19.8 Å². The van der Waals surface area contributed by atoms with Gasteiger partial charge < -0.3 is 10.1 Å². The third-order valence-corrected chi connectivity index (χ3v) is 6.19. The maximum atomic E-state index is 5.57. The molecule has 144 valence electrons. The van der Waals surface area contributed by atoms with Gasteiger partial charge in [0.25, 0.3) is 0 Å². The van der Waals surface area contributed by atoms with Crippen molar-refractivity contribution in [1.29, 1.82) is 0 Å². The minimum absolute atomic E-state index is 0.675. The lowest BCUT2D eigenvalue weighted by Gasteiger charge is -2.37. The Morgan fingerprint density at radius 1 is 1.04 bits per heavy atom. The van der Waals surface area contributed by atoms with E-state index in [0.29, 0.717) is 6.04 Å². The number of rotatable bonds is 6. The van der Waals surface area contributed by atoms with Crippen molar-refractivity contribution in [3.63, 3.8) is 0 Å². The van der Waals surface area contributed by atoms with E-state index in [4.69, 9.17) is 4.74 Å². The van der Waals surface area contributed by atoms with Crippen molar-refractivity contribution in [2.45, 2.75) is 57.7 Å². The van der Waals surface area contributed by atoms with Crippen LogP contribution in [0.2, 0.25) is 0 Å². The molecule has 0 amide bonds. The Bertz CT molecular complexity index is 560. The fraction of sp³-hybridized carbons (Fsp3) is 0.800. The Hall–Kier alpha value is -1.24. The van der Waals surface area contributed by atoms with Crippen molar-refractivity contribution in [2.24, 2.45) is 5.92 Å². The van der Waals surface area contributed by atoms with Gasteiger partial charge in [-0.3, -0.25) is 9.80 Å². The number of nitrogens with zero attached hydrogens (tertiary/aromatic N) is 4. The molecule has 6 heteroatoms. The van der Waals surface area contributed by atoms with Gasteiger partial charge in [0.1, 0.15) is 0 Å². The molecule has 1 aromatic heterocycles.